The lowest BCUT2D eigenvalue weighted by molar-refractivity contribution is 0.110. The lowest BCUT2D eigenvalue weighted by Crippen LogP contribution is -2.11. The molecule has 0 unspecified atom stereocenters. The number of hydrogen-bond acceptors (Lipinski definition) is 1. The molecule has 8 heavy (non-hydrogen) atoms. The monoisotopic (exact) mass is 178 g/mol. The highest BCUT2D eigenvalue weighted by Crippen LogP contribution is 2.21. The second-order valence-corrected chi connectivity index (χ2v) is 2.93. The molecule has 0 bridgehead atoms. The van der Waals surface area contributed by atoms with Gasteiger partial charge in [-0.05, 0) is 19.3 Å². The molecule has 0 saturated carbocycles. The molecule has 0 radical (unpaired) electrons. The van der Waals surface area contributed by atoms with E-state index in [1.807, 2.05) is 0 Å². The average Bonchev–Trinajstić information content (AvgIpc) is 2.14. The maximum Gasteiger partial charge on any atom is 0.0583 e. The van der Waals surface area contributed by atoms with Gasteiger partial charge in [-0.1, -0.05) is 15.9 Å². The quantitative estimate of drug-likeness (QED) is 0.557. The summed E-state index contributed by atoms with van der Waals surface area (Å²) in [4.78, 5) is 0. The molecule has 2 heteroatoms. The van der Waals surface area contributed by atoms with E-state index in [-0.39, 0.29) is 0 Å². The van der Waals surface area contributed by atoms with E-state index in [9.17, 15) is 0 Å². The Morgan fingerprint density at radius 3 is 2.75 bits per heavy atom. The van der Waals surface area contributed by atoms with E-state index in [0.29, 0.717) is 6.10 Å². The van der Waals surface area contributed by atoms with Crippen LogP contribution in [0.4, 0.5) is 0 Å². The van der Waals surface area contributed by atoms with Crippen molar-refractivity contribution in [2.75, 3.05) is 11.9 Å². The highest BCUT2D eigenvalue weighted by Gasteiger charge is 2.22. The van der Waals surface area contributed by atoms with Crippen molar-refractivity contribution in [3.63, 3.8) is 0 Å². The van der Waals surface area contributed by atoms with E-state index >= 15 is 0 Å². The minimum Gasteiger partial charge on any atom is -0.378 e. The van der Waals surface area contributed by atoms with Gasteiger partial charge in [0.05, 0.1) is 6.10 Å². The SMILES string of the molecule is C[C@@H]1OCC[C@@H]1CBr. The molecule has 1 aliphatic heterocycles. The first kappa shape index (κ1) is 6.56. The van der Waals surface area contributed by atoms with Crippen molar-refractivity contribution >= 4 is 15.9 Å². The lowest BCUT2D eigenvalue weighted by atomic mass is 10.1. The molecule has 1 fully saturated rings. The fourth-order valence-corrected chi connectivity index (χ4v) is 1.83. The fourth-order valence-electron chi connectivity index (χ4n) is 0.979. The molecule has 1 heterocycles. The van der Waals surface area contributed by atoms with Crippen molar-refractivity contribution in [1.29, 1.82) is 0 Å². The minimum atomic E-state index is 0.481. The summed E-state index contributed by atoms with van der Waals surface area (Å²) in [7, 11) is 0. The van der Waals surface area contributed by atoms with Crippen LogP contribution in [0.2, 0.25) is 0 Å². The van der Waals surface area contributed by atoms with E-state index in [1.165, 1.54) is 6.42 Å². The third kappa shape index (κ3) is 1.23. The van der Waals surface area contributed by atoms with E-state index in [0.717, 1.165) is 17.9 Å². The summed E-state index contributed by atoms with van der Waals surface area (Å²) < 4.78 is 5.33. The molecule has 2 atom stereocenters. The smallest absolute Gasteiger partial charge is 0.0583 e. The zero-order valence-corrected chi connectivity index (χ0v) is 6.65. The summed E-state index contributed by atoms with van der Waals surface area (Å²) in [5.74, 6) is 0.759. The van der Waals surface area contributed by atoms with Crippen LogP contribution < -0.4 is 0 Å². The van der Waals surface area contributed by atoms with Crippen LogP contribution in [0.15, 0.2) is 0 Å². The molecule has 0 aliphatic carbocycles. The number of hydrogen-bond donors (Lipinski definition) is 0. The Bertz CT molecular complexity index is 74.9. The van der Waals surface area contributed by atoms with Gasteiger partial charge in [0.1, 0.15) is 0 Å². The average molecular weight is 179 g/mol. The van der Waals surface area contributed by atoms with Gasteiger partial charge in [0.25, 0.3) is 0 Å². The maximum atomic E-state index is 5.33. The first-order valence-corrected chi connectivity index (χ1v) is 4.14. The van der Waals surface area contributed by atoms with Crippen LogP contribution >= 0.6 is 15.9 Å². The fraction of sp³-hybridized carbons (Fsp3) is 1.00. The predicted molar refractivity (Wildman–Crippen MR) is 37.3 cm³/mol. The molecular weight excluding hydrogens is 168 g/mol. The molecule has 1 rings (SSSR count). The van der Waals surface area contributed by atoms with Crippen molar-refractivity contribution in [1.82, 2.24) is 0 Å². The molecule has 0 N–H and O–H groups in total. The summed E-state index contributed by atoms with van der Waals surface area (Å²) in [5.41, 5.74) is 0. The van der Waals surface area contributed by atoms with Crippen molar-refractivity contribution in [3.05, 3.63) is 0 Å². The van der Waals surface area contributed by atoms with E-state index in [1.54, 1.807) is 0 Å². The van der Waals surface area contributed by atoms with Crippen LogP contribution in [-0.2, 0) is 4.74 Å². The van der Waals surface area contributed by atoms with Gasteiger partial charge in [0, 0.05) is 11.9 Å². The summed E-state index contributed by atoms with van der Waals surface area (Å²) in [6, 6.07) is 0. The third-order valence-electron chi connectivity index (χ3n) is 1.73. The van der Waals surface area contributed by atoms with Gasteiger partial charge >= 0.3 is 0 Å². The zero-order valence-electron chi connectivity index (χ0n) is 5.06. The van der Waals surface area contributed by atoms with Crippen LogP contribution in [0, 0.1) is 5.92 Å². The summed E-state index contributed by atoms with van der Waals surface area (Å²) in [6.07, 6.45) is 1.71. The normalized spacial score (nSPS) is 38.2. The lowest BCUT2D eigenvalue weighted by Gasteiger charge is -2.08. The van der Waals surface area contributed by atoms with E-state index < -0.39 is 0 Å². The number of halogens is 1. The Labute approximate surface area is 58.5 Å². The van der Waals surface area contributed by atoms with Gasteiger partial charge in [0.15, 0.2) is 0 Å². The molecule has 1 nitrogen and oxygen atoms in total. The third-order valence-corrected chi connectivity index (χ3v) is 2.56. The summed E-state index contributed by atoms with van der Waals surface area (Å²) in [5, 5.41) is 1.09. The summed E-state index contributed by atoms with van der Waals surface area (Å²) in [6.45, 7) is 3.09. The van der Waals surface area contributed by atoms with Crippen molar-refractivity contribution in [3.8, 4) is 0 Å². The minimum absolute atomic E-state index is 0.481. The number of ether oxygens (including phenoxy) is 1. The van der Waals surface area contributed by atoms with Gasteiger partial charge in [-0.15, -0.1) is 0 Å². The van der Waals surface area contributed by atoms with Crippen LogP contribution in [0.1, 0.15) is 13.3 Å². The standard InChI is InChI=1S/C6H11BrO/c1-5-6(4-7)2-3-8-5/h5-6H,2-4H2,1H3/t5-,6+/m0/s1. The summed E-state index contributed by atoms with van der Waals surface area (Å²) >= 11 is 3.44. The van der Waals surface area contributed by atoms with Crippen LogP contribution in [0.3, 0.4) is 0 Å². The molecule has 48 valence electrons. The first-order chi connectivity index (χ1) is 3.84. The van der Waals surface area contributed by atoms with Crippen LogP contribution in [-0.4, -0.2) is 18.0 Å². The van der Waals surface area contributed by atoms with E-state index in [4.69, 9.17) is 4.74 Å². The molecule has 1 aliphatic rings. The topological polar surface area (TPSA) is 9.23 Å². The molecular formula is C6H11BrO. The molecule has 0 aromatic carbocycles. The largest absolute Gasteiger partial charge is 0.378 e. The van der Waals surface area contributed by atoms with Crippen molar-refractivity contribution in [2.45, 2.75) is 19.4 Å². The Balaban J connectivity index is 2.30. The van der Waals surface area contributed by atoms with Gasteiger partial charge in [0.2, 0.25) is 0 Å². The first-order valence-electron chi connectivity index (χ1n) is 3.02. The van der Waals surface area contributed by atoms with Crippen LogP contribution in [0.25, 0.3) is 0 Å². The molecule has 1 saturated heterocycles. The van der Waals surface area contributed by atoms with Crippen LogP contribution in [0.5, 0.6) is 0 Å². The van der Waals surface area contributed by atoms with Gasteiger partial charge in [-0.25, -0.2) is 0 Å². The Hall–Kier alpha value is 0.440. The Kier molecular flexibility index (Phi) is 2.32. The maximum absolute atomic E-state index is 5.33. The molecule has 0 aromatic heterocycles. The number of alkyl halides is 1. The highest BCUT2D eigenvalue weighted by atomic mass is 79.9. The second-order valence-electron chi connectivity index (χ2n) is 2.28. The van der Waals surface area contributed by atoms with E-state index in [2.05, 4.69) is 22.9 Å². The molecule has 0 spiro atoms. The zero-order chi connectivity index (χ0) is 5.98. The second kappa shape index (κ2) is 2.83. The van der Waals surface area contributed by atoms with Crippen molar-refractivity contribution in [2.24, 2.45) is 5.92 Å². The van der Waals surface area contributed by atoms with Gasteiger partial charge < -0.3 is 4.74 Å². The number of rotatable bonds is 1. The van der Waals surface area contributed by atoms with Gasteiger partial charge in [-0.3, -0.25) is 0 Å². The molecule has 0 aromatic rings. The van der Waals surface area contributed by atoms with Gasteiger partial charge in [-0.2, -0.15) is 0 Å². The predicted octanol–water partition coefficient (Wildman–Crippen LogP) is 1.81. The Morgan fingerprint density at radius 1 is 1.75 bits per heavy atom. The Morgan fingerprint density at radius 2 is 2.50 bits per heavy atom. The molecule has 0 amide bonds. The van der Waals surface area contributed by atoms with Crippen molar-refractivity contribution < 1.29 is 4.74 Å². The highest BCUT2D eigenvalue weighted by molar-refractivity contribution is 9.09.